The number of amides is 1. The summed E-state index contributed by atoms with van der Waals surface area (Å²) in [6.45, 7) is 2.32. The molecule has 0 aliphatic heterocycles. The first-order valence-electron chi connectivity index (χ1n) is 5.43. The first-order valence-corrected chi connectivity index (χ1v) is 6.22. The maximum Gasteiger partial charge on any atom is 0.237 e. The Hall–Kier alpha value is -1.38. The van der Waals surface area contributed by atoms with E-state index in [9.17, 15) is 9.18 Å². The van der Waals surface area contributed by atoms with Gasteiger partial charge in [-0.2, -0.15) is 0 Å². The van der Waals surface area contributed by atoms with Crippen molar-refractivity contribution >= 4 is 21.8 Å². The van der Waals surface area contributed by atoms with Crippen LogP contribution < -0.4 is 10.6 Å². The minimum Gasteiger partial charge on any atom is -0.344 e. The van der Waals surface area contributed by atoms with Crippen LogP contribution in [-0.4, -0.2) is 18.5 Å². The highest BCUT2D eigenvalue weighted by atomic mass is 79.9. The number of hydrogen-bond donors (Lipinski definition) is 2. The van der Waals surface area contributed by atoms with Crippen LogP contribution in [0.15, 0.2) is 22.7 Å². The van der Waals surface area contributed by atoms with Crippen molar-refractivity contribution in [3.63, 3.8) is 0 Å². The van der Waals surface area contributed by atoms with Crippen LogP contribution in [0.1, 0.15) is 12.5 Å². The molecular weight excluding hydrogens is 299 g/mol. The van der Waals surface area contributed by atoms with Crippen molar-refractivity contribution in [3.8, 4) is 12.3 Å². The van der Waals surface area contributed by atoms with Crippen LogP contribution in [0.25, 0.3) is 0 Å². The summed E-state index contributed by atoms with van der Waals surface area (Å²) >= 11 is 3.33. The van der Waals surface area contributed by atoms with Crippen molar-refractivity contribution < 1.29 is 9.18 Å². The summed E-state index contributed by atoms with van der Waals surface area (Å²) < 4.78 is 13.8. The Balaban J connectivity index is 2.52. The monoisotopic (exact) mass is 312 g/mol. The van der Waals surface area contributed by atoms with E-state index in [4.69, 9.17) is 6.42 Å². The van der Waals surface area contributed by atoms with Gasteiger partial charge < -0.3 is 10.6 Å². The van der Waals surface area contributed by atoms with Crippen LogP contribution in [-0.2, 0) is 11.3 Å². The summed E-state index contributed by atoms with van der Waals surface area (Å²) in [7, 11) is 0. The summed E-state index contributed by atoms with van der Waals surface area (Å²) in [6.07, 6.45) is 5.05. The molecule has 0 aliphatic rings. The van der Waals surface area contributed by atoms with Gasteiger partial charge in [-0.05, 0) is 30.7 Å². The molecule has 18 heavy (non-hydrogen) atoms. The molecule has 0 aliphatic carbocycles. The second kappa shape index (κ2) is 7.14. The van der Waals surface area contributed by atoms with E-state index in [1.54, 1.807) is 13.0 Å². The molecule has 1 rings (SSSR count). The zero-order valence-electron chi connectivity index (χ0n) is 9.97. The molecule has 1 amide bonds. The van der Waals surface area contributed by atoms with Crippen LogP contribution in [0.4, 0.5) is 4.39 Å². The van der Waals surface area contributed by atoms with E-state index in [0.29, 0.717) is 6.54 Å². The fourth-order valence-electron chi connectivity index (χ4n) is 1.33. The van der Waals surface area contributed by atoms with Gasteiger partial charge in [0, 0.05) is 11.0 Å². The number of carbonyl (C=O) groups excluding carboxylic acids is 1. The molecule has 0 saturated heterocycles. The molecular formula is C13H14BrFN2O. The summed E-state index contributed by atoms with van der Waals surface area (Å²) in [6, 6.07) is 4.03. The third-order valence-corrected chi connectivity index (χ3v) is 3.14. The van der Waals surface area contributed by atoms with Crippen molar-refractivity contribution in [2.75, 3.05) is 6.54 Å². The fraction of sp³-hybridized carbons (Fsp3) is 0.308. The summed E-state index contributed by atoms with van der Waals surface area (Å²) in [5.74, 6) is 1.84. The second-order valence-electron chi connectivity index (χ2n) is 3.76. The molecule has 0 aromatic heterocycles. The largest absolute Gasteiger partial charge is 0.344 e. The number of benzene rings is 1. The highest BCUT2D eigenvalue weighted by molar-refractivity contribution is 9.10. The Labute approximate surface area is 114 Å². The average molecular weight is 313 g/mol. The van der Waals surface area contributed by atoms with E-state index in [1.165, 1.54) is 12.1 Å². The van der Waals surface area contributed by atoms with E-state index in [1.807, 2.05) is 0 Å². The summed E-state index contributed by atoms with van der Waals surface area (Å²) in [5, 5.41) is 5.57. The minimum absolute atomic E-state index is 0.180. The number of rotatable bonds is 5. The van der Waals surface area contributed by atoms with Gasteiger partial charge in [-0.3, -0.25) is 4.79 Å². The predicted octanol–water partition coefficient (Wildman–Crippen LogP) is 1.82. The van der Waals surface area contributed by atoms with Gasteiger partial charge in [-0.25, -0.2) is 4.39 Å². The van der Waals surface area contributed by atoms with Gasteiger partial charge in [0.2, 0.25) is 5.91 Å². The number of carbonyl (C=O) groups is 1. The minimum atomic E-state index is -0.395. The van der Waals surface area contributed by atoms with Crippen molar-refractivity contribution in [2.24, 2.45) is 0 Å². The highest BCUT2D eigenvalue weighted by Crippen LogP contribution is 2.17. The van der Waals surface area contributed by atoms with Crippen LogP contribution in [0.2, 0.25) is 0 Å². The van der Waals surface area contributed by atoms with Gasteiger partial charge >= 0.3 is 0 Å². The smallest absolute Gasteiger partial charge is 0.237 e. The number of nitrogens with one attached hydrogen (secondary N) is 2. The Morgan fingerprint density at radius 1 is 1.61 bits per heavy atom. The zero-order valence-corrected chi connectivity index (χ0v) is 11.6. The lowest BCUT2D eigenvalue weighted by Crippen LogP contribution is -2.41. The van der Waals surface area contributed by atoms with Crippen molar-refractivity contribution in [1.82, 2.24) is 10.6 Å². The fourth-order valence-corrected chi connectivity index (χ4v) is 1.71. The van der Waals surface area contributed by atoms with E-state index in [2.05, 4.69) is 32.5 Å². The zero-order chi connectivity index (χ0) is 13.5. The predicted molar refractivity (Wildman–Crippen MR) is 72.2 cm³/mol. The maximum atomic E-state index is 13.0. The molecule has 0 spiro atoms. The summed E-state index contributed by atoms with van der Waals surface area (Å²) in [4.78, 5) is 11.5. The van der Waals surface area contributed by atoms with Crippen molar-refractivity contribution in [3.05, 3.63) is 34.1 Å². The van der Waals surface area contributed by atoms with Crippen LogP contribution in [0, 0.1) is 18.2 Å². The molecule has 0 fully saturated rings. The van der Waals surface area contributed by atoms with Gasteiger partial charge in [-0.15, -0.1) is 6.42 Å². The number of terminal acetylenes is 1. The van der Waals surface area contributed by atoms with Crippen LogP contribution in [0.3, 0.4) is 0 Å². The third-order valence-electron chi connectivity index (χ3n) is 2.36. The van der Waals surface area contributed by atoms with E-state index >= 15 is 0 Å². The molecule has 1 atom stereocenters. The van der Waals surface area contributed by atoms with E-state index in [0.717, 1.165) is 10.0 Å². The summed E-state index contributed by atoms with van der Waals surface area (Å²) in [5.41, 5.74) is 0.756. The molecule has 0 heterocycles. The Bertz CT molecular complexity index is 471. The Morgan fingerprint density at radius 2 is 2.33 bits per heavy atom. The molecule has 1 aromatic carbocycles. The lowest BCUT2D eigenvalue weighted by atomic mass is 10.2. The number of hydrogen-bond acceptors (Lipinski definition) is 2. The van der Waals surface area contributed by atoms with Crippen LogP contribution >= 0.6 is 15.9 Å². The average Bonchev–Trinajstić information content (AvgIpc) is 2.36. The second-order valence-corrected chi connectivity index (χ2v) is 4.61. The normalized spacial score (nSPS) is 11.7. The van der Waals surface area contributed by atoms with Crippen LogP contribution in [0.5, 0.6) is 0 Å². The van der Waals surface area contributed by atoms with Gasteiger partial charge in [0.05, 0.1) is 12.6 Å². The quantitative estimate of drug-likeness (QED) is 0.814. The maximum absolute atomic E-state index is 13.0. The van der Waals surface area contributed by atoms with Crippen molar-refractivity contribution in [2.45, 2.75) is 19.5 Å². The first kappa shape index (κ1) is 14.7. The molecule has 1 unspecified atom stereocenters. The lowest BCUT2D eigenvalue weighted by Gasteiger charge is -2.13. The highest BCUT2D eigenvalue weighted by Gasteiger charge is 2.11. The van der Waals surface area contributed by atoms with Gasteiger partial charge in [0.25, 0.3) is 0 Å². The molecule has 0 radical (unpaired) electrons. The molecule has 2 N–H and O–H groups in total. The standard InChI is InChI=1S/C13H14BrFN2O/c1-3-6-16-13(18)9(2)17-8-10-7-11(15)4-5-12(10)14/h1,4-5,7,9,17H,6,8H2,2H3,(H,16,18). The third kappa shape index (κ3) is 4.47. The van der Waals surface area contributed by atoms with Crippen molar-refractivity contribution in [1.29, 1.82) is 0 Å². The number of halogens is 2. The molecule has 3 nitrogen and oxygen atoms in total. The van der Waals surface area contributed by atoms with Gasteiger partial charge in [-0.1, -0.05) is 21.9 Å². The molecule has 1 aromatic rings. The van der Waals surface area contributed by atoms with E-state index in [-0.39, 0.29) is 18.3 Å². The SMILES string of the molecule is C#CCNC(=O)C(C)NCc1cc(F)ccc1Br. The Morgan fingerprint density at radius 3 is 3.00 bits per heavy atom. The van der Waals surface area contributed by atoms with Gasteiger partial charge in [0.15, 0.2) is 0 Å². The lowest BCUT2D eigenvalue weighted by molar-refractivity contribution is -0.122. The Kier molecular flexibility index (Phi) is 5.83. The molecule has 0 saturated carbocycles. The van der Waals surface area contributed by atoms with Gasteiger partial charge in [0.1, 0.15) is 5.82 Å². The van der Waals surface area contributed by atoms with E-state index < -0.39 is 6.04 Å². The topological polar surface area (TPSA) is 41.1 Å². The first-order chi connectivity index (χ1) is 8.54. The molecule has 0 bridgehead atoms. The molecule has 96 valence electrons. The molecule has 5 heteroatoms.